The summed E-state index contributed by atoms with van der Waals surface area (Å²) in [6, 6.07) is 15.5. The second-order valence-electron chi connectivity index (χ2n) is 9.26. The number of hydrogen-bond acceptors (Lipinski definition) is 6. The largest absolute Gasteiger partial charge is 0.493 e. The van der Waals surface area contributed by atoms with Crippen molar-refractivity contribution < 1.29 is 18.7 Å². The second kappa shape index (κ2) is 10.5. The summed E-state index contributed by atoms with van der Waals surface area (Å²) in [6.07, 6.45) is 6.03. The van der Waals surface area contributed by atoms with Gasteiger partial charge in [0.25, 0.3) is 5.91 Å². The van der Waals surface area contributed by atoms with E-state index in [0.29, 0.717) is 46.0 Å². The van der Waals surface area contributed by atoms with Crippen molar-refractivity contribution in [2.24, 2.45) is 0 Å². The maximum Gasteiger partial charge on any atom is 0.296 e. The maximum absolute atomic E-state index is 13.8. The molecular formula is C30H30N2O5. The Morgan fingerprint density at radius 1 is 1.00 bits per heavy atom. The van der Waals surface area contributed by atoms with Gasteiger partial charge >= 0.3 is 0 Å². The van der Waals surface area contributed by atoms with Crippen LogP contribution in [0, 0.1) is 6.92 Å². The summed E-state index contributed by atoms with van der Waals surface area (Å²) >= 11 is 0. The molecule has 0 aliphatic carbocycles. The zero-order valence-electron chi connectivity index (χ0n) is 21.3. The van der Waals surface area contributed by atoms with Gasteiger partial charge in [-0.3, -0.25) is 14.5 Å². The van der Waals surface area contributed by atoms with Crippen LogP contribution in [0.5, 0.6) is 11.5 Å². The highest BCUT2D eigenvalue weighted by molar-refractivity contribution is 6.10. The molecule has 0 bridgehead atoms. The molecule has 7 nitrogen and oxygen atoms in total. The normalized spacial score (nSPS) is 14.7. The monoisotopic (exact) mass is 498 g/mol. The number of nitrogens with zero attached hydrogens (tertiary/aromatic N) is 2. The molecule has 0 fully saturated rings. The number of anilines is 1. The van der Waals surface area contributed by atoms with E-state index in [-0.39, 0.29) is 11.2 Å². The SMILES string of the molecule is CCCCCCOc1ccc(C2c3c(oc4ccc(C)cc4c3=O)C(=O)N2c2ccccn2)cc1OC. The van der Waals surface area contributed by atoms with Gasteiger partial charge in [-0.15, -0.1) is 0 Å². The average molecular weight is 499 g/mol. The first-order valence-electron chi connectivity index (χ1n) is 12.7. The Kier molecular flexibility index (Phi) is 6.95. The van der Waals surface area contributed by atoms with Gasteiger partial charge in [-0.2, -0.15) is 0 Å². The van der Waals surface area contributed by atoms with E-state index in [4.69, 9.17) is 13.9 Å². The number of unbranched alkanes of at least 4 members (excludes halogenated alkanes) is 3. The van der Waals surface area contributed by atoms with Gasteiger partial charge in [0, 0.05) is 6.20 Å². The van der Waals surface area contributed by atoms with Gasteiger partial charge in [-0.25, -0.2) is 4.98 Å². The summed E-state index contributed by atoms with van der Waals surface area (Å²) in [6.45, 7) is 4.68. The third-order valence-corrected chi connectivity index (χ3v) is 6.68. The Morgan fingerprint density at radius 3 is 2.62 bits per heavy atom. The van der Waals surface area contributed by atoms with E-state index < -0.39 is 11.9 Å². The molecule has 37 heavy (non-hydrogen) atoms. The van der Waals surface area contributed by atoms with Gasteiger partial charge in [0.2, 0.25) is 5.76 Å². The van der Waals surface area contributed by atoms with Crippen molar-refractivity contribution in [3.8, 4) is 11.5 Å². The molecule has 3 heterocycles. The van der Waals surface area contributed by atoms with Crippen molar-refractivity contribution in [1.82, 2.24) is 4.98 Å². The molecule has 0 N–H and O–H groups in total. The molecule has 1 aliphatic rings. The lowest BCUT2D eigenvalue weighted by Crippen LogP contribution is -2.30. The molecule has 1 unspecified atom stereocenters. The summed E-state index contributed by atoms with van der Waals surface area (Å²) < 4.78 is 17.7. The summed E-state index contributed by atoms with van der Waals surface area (Å²) in [5.74, 6) is 1.22. The Balaban J connectivity index is 1.62. The van der Waals surface area contributed by atoms with Crippen LogP contribution in [0.25, 0.3) is 11.0 Å². The van der Waals surface area contributed by atoms with Crippen LogP contribution in [0.1, 0.15) is 65.9 Å². The predicted octanol–water partition coefficient (Wildman–Crippen LogP) is 6.21. The van der Waals surface area contributed by atoms with E-state index in [1.165, 1.54) is 11.3 Å². The standard InChI is InChI=1S/C30H30N2O5/c1-4-5-6-9-16-36-23-14-12-20(18-24(23)35-3)27-26-28(33)21-17-19(2)11-13-22(21)37-29(26)30(34)32(27)25-10-7-8-15-31-25/h7-8,10-15,17-18,27H,4-6,9,16H2,1-3H3. The van der Waals surface area contributed by atoms with Crippen LogP contribution in [-0.4, -0.2) is 24.6 Å². The molecule has 2 aromatic heterocycles. The summed E-state index contributed by atoms with van der Waals surface area (Å²) in [5.41, 5.74) is 2.08. The topological polar surface area (TPSA) is 81.9 Å². The number of methoxy groups -OCH3 is 1. The quantitative estimate of drug-likeness (QED) is 0.255. The Morgan fingerprint density at radius 2 is 1.86 bits per heavy atom. The third-order valence-electron chi connectivity index (χ3n) is 6.68. The molecule has 0 radical (unpaired) electrons. The molecule has 0 saturated heterocycles. The molecule has 0 saturated carbocycles. The molecule has 4 aromatic rings. The maximum atomic E-state index is 13.8. The Labute approximate surface area is 215 Å². The van der Waals surface area contributed by atoms with Crippen LogP contribution in [0.4, 0.5) is 5.82 Å². The van der Waals surface area contributed by atoms with Gasteiger partial charge in [-0.05, 0) is 55.3 Å². The fraction of sp³-hybridized carbons (Fsp3) is 0.300. The van der Waals surface area contributed by atoms with Crippen molar-refractivity contribution in [2.45, 2.75) is 45.6 Å². The number of ether oxygens (including phenoxy) is 2. The van der Waals surface area contributed by atoms with Gasteiger partial charge in [0.05, 0.1) is 30.7 Å². The number of benzene rings is 2. The Hall–Kier alpha value is -4.13. The summed E-state index contributed by atoms with van der Waals surface area (Å²) in [5, 5.41) is 0.443. The molecule has 1 aliphatic heterocycles. The zero-order chi connectivity index (χ0) is 25.9. The van der Waals surface area contributed by atoms with Gasteiger partial charge < -0.3 is 13.9 Å². The van der Waals surface area contributed by atoms with E-state index in [1.54, 1.807) is 43.6 Å². The molecule has 7 heteroatoms. The number of fused-ring (bicyclic) bond motifs is 2. The minimum absolute atomic E-state index is 0.0345. The van der Waals surface area contributed by atoms with Crippen LogP contribution in [0.2, 0.25) is 0 Å². The molecule has 0 spiro atoms. The lowest BCUT2D eigenvalue weighted by Gasteiger charge is -2.25. The third kappa shape index (κ3) is 4.57. The van der Waals surface area contributed by atoms with E-state index >= 15 is 0 Å². The van der Waals surface area contributed by atoms with Gasteiger partial charge in [-0.1, -0.05) is 49.9 Å². The fourth-order valence-electron chi connectivity index (χ4n) is 4.82. The van der Waals surface area contributed by atoms with Crippen molar-refractivity contribution in [3.63, 3.8) is 0 Å². The first-order chi connectivity index (χ1) is 18.0. The number of pyridine rings is 1. The molecule has 1 amide bonds. The van der Waals surface area contributed by atoms with Gasteiger partial charge in [0.1, 0.15) is 11.4 Å². The number of carbonyl (C=O) groups is 1. The molecule has 190 valence electrons. The second-order valence-corrected chi connectivity index (χ2v) is 9.26. The van der Waals surface area contributed by atoms with Crippen LogP contribution in [0.3, 0.4) is 0 Å². The van der Waals surface area contributed by atoms with Crippen molar-refractivity contribution >= 4 is 22.7 Å². The molecule has 2 aromatic carbocycles. The predicted molar refractivity (Wildman–Crippen MR) is 143 cm³/mol. The van der Waals surface area contributed by atoms with Crippen LogP contribution < -0.4 is 19.8 Å². The first kappa shape index (κ1) is 24.6. The van der Waals surface area contributed by atoms with Crippen LogP contribution >= 0.6 is 0 Å². The van der Waals surface area contributed by atoms with E-state index in [1.807, 2.05) is 31.2 Å². The highest BCUT2D eigenvalue weighted by Crippen LogP contribution is 2.42. The number of rotatable bonds is 9. The smallest absolute Gasteiger partial charge is 0.296 e. The fourth-order valence-corrected chi connectivity index (χ4v) is 4.82. The number of aromatic nitrogens is 1. The minimum atomic E-state index is -0.730. The Bertz CT molecular complexity index is 1500. The summed E-state index contributed by atoms with van der Waals surface area (Å²) in [4.78, 5) is 33.4. The first-order valence-corrected chi connectivity index (χ1v) is 12.7. The van der Waals surface area contributed by atoms with Crippen LogP contribution in [0.15, 0.2) is 70.0 Å². The molecule has 5 rings (SSSR count). The van der Waals surface area contributed by atoms with E-state index in [0.717, 1.165) is 24.8 Å². The summed E-state index contributed by atoms with van der Waals surface area (Å²) in [7, 11) is 1.58. The number of carbonyl (C=O) groups excluding carboxylic acids is 1. The lowest BCUT2D eigenvalue weighted by atomic mass is 9.97. The number of aryl methyl sites for hydroxylation is 1. The molecule has 1 atom stereocenters. The van der Waals surface area contributed by atoms with E-state index in [9.17, 15) is 9.59 Å². The van der Waals surface area contributed by atoms with Crippen molar-refractivity contribution in [1.29, 1.82) is 0 Å². The van der Waals surface area contributed by atoms with Crippen molar-refractivity contribution in [2.75, 3.05) is 18.6 Å². The van der Waals surface area contributed by atoms with E-state index in [2.05, 4.69) is 11.9 Å². The zero-order valence-corrected chi connectivity index (χ0v) is 21.3. The van der Waals surface area contributed by atoms with Gasteiger partial charge in [0.15, 0.2) is 16.9 Å². The number of amides is 1. The molecular weight excluding hydrogens is 468 g/mol. The average Bonchev–Trinajstić information content (AvgIpc) is 3.22. The lowest BCUT2D eigenvalue weighted by molar-refractivity contribution is 0.0970. The highest BCUT2D eigenvalue weighted by Gasteiger charge is 2.44. The van der Waals surface area contributed by atoms with Crippen LogP contribution in [-0.2, 0) is 0 Å². The number of hydrogen-bond donors (Lipinski definition) is 0. The minimum Gasteiger partial charge on any atom is -0.493 e. The van der Waals surface area contributed by atoms with Crippen molar-refractivity contribution in [3.05, 3.63) is 93.5 Å². The highest BCUT2D eigenvalue weighted by atomic mass is 16.5.